The molecule has 0 atom stereocenters. The van der Waals surface area contributed by atoms with Crippen LogP contribution in [0.5, 0.6) is 0 Å². The number of thiophene rings is 1. The topological polar surface area (TPSA) is 105 Å². The average Bonchev–Trinajstić information content (AvgIpc) is 2.96. The van der Waals surface area contributed by atoms with Crippen molar-refractivity contribution in [1.29, 1.82) is 0 Å². The molecule has 0 aliphatic heterocycles. The first kappa shape index (κ1) is 14.2. The van der Waals surface area contributed by atoms with Gasteiger partial charge >= 0.3 is 5.97 Å². The zero-order valence-corrected chi connectivity index (χ0v) is 11.9. The predicted molar refractivity (Wildman–Crippen MR) is 70.8 cm³/mol. The van der Waals surface area contributed by atoms with Crippen LogP contribution in [0.25, 0.3) is 0 Å². The highest BCUT2D eigenvalue weighted by atomic mass is 32.1. The molecule has 0 bridgehead atoms. The number of nitrogens with one attached hydrogen (secondary N) is 1. The molecule has 2 aromatic rings. The van der Waals surface area contributed by atoms with Crippen molar-refractivity contribution < 1.29 is 19.2 Å². The van der Waals surface area contributed by atoms with Crippen LogP contribution >= 0.6 is 11.3 Å². The van der Waals surface area contributed by atoms with Crippen molar-refractivity contribution in [3.8, 4) is 0 Å². The zero-order valence-electron chi connectivity index (χ0n) is 11.1. The van der Waals surface area contributed by atoms with Crippen LogP contribution in [0.2, 0.25) is 0 Å². The van der Waals surface area contributed by atoms with E-state index in [1.54, 1.807) is 20.8 Å². The molecule has 0 unspecified atom stereocenters. The molecule has 0 fully saturated rings. The zero-order chi connectivity index (χ0) is 14.9. The summed E-state index contributed by atoms with van der Waals surface area (Å²) in [5.74, 6) is -0.665. The Hall–Kier alpha value is -2.22. The summed E-state index contributed by atoms with van der Waals surface area (Å²) in [5, 5.41) is 15.4. The van der Waals surface area contributed by atoms with Crippen molar-refractivity contribution in [1.82, 2.24) is 15.5 Å². The van der Waals surface area contributed by atoms with E-state index >= 15 is 0 Å². The number of carbonyl (C=O) groups is 2. The standard InChI is InChI=1S/C12H13N3O4S/c1-6-13-11(15-19-6)12(2,3)14-9(16)7-4-5-8(20-7)10(17)18/h4-5H,1-3H3,(H,14,16)(H,17,18). The number of carboxylic acids is 1. The summed E-state index contributed by atoms with van der Waals surface area (Å²) < 4.78 is 4.89. The number of nitrogens with zero attached hydrogens (tertiary/aromatic N) is 2. The predicted octanol–water partition coefficient (Wildman–Crippen LogP) is 1.80. The molecule has 2 rings (SSSR count). The molecule has 2 N–H and O–H groups in total. The van der Waals surface area contributed by atoms with Gasteiger partial charge in [0.05, 0.1) is 10.4 Å². The van der Waals surface area contributed by atoms with E-state index in [4.69, 9.17) is 9.63 Å². The molecule has 2 aromatic heterocycles. The summed E-state index contributed by atoms with van der Waals surface area (Å²) in [4.78, 5) is 27.4. The van der Waals surface area contributed by atoms with Gasteiger partial charge in [-0.25, -0.2) is 4.79 Å². The molecule has 0 aliphatic rings. The lowest BCUT2D eigenvalue weighted by Gasteiger charge is -2.21. The summed E-state index contributed by atoms with van der Waals surface area (Å²) in [6.07, 6.45) is 0. The molecular weight excluding hydrogens is 282 g/mol. The molecule has 0 aromatic carbocycles. The van der Waals surface area contributed by atoms with Crippen molar-refractivity contribution in [3.05, 3.63) is 33.6 Å². The number of hydrogen-bond acceptors (Lipinski definition) is 6. The maximum absolute atomic E-state index is 12.1. The van der Waals surface area contributed by atoms with Gasteiger partial charge in [-0.1, -0.05) is 5.16 Å². The maximum Gasteiger partial charge on any atom is 0.345 e. The molecule has 2 heterocycles. The Balaban J connectivity index is 2.15. The van der Waals surface area contributed by atoms with Gasteiger partial charge in [0.1, 0.15) is 4.88 Å². The van der Waals surface area contributed by atoms with E-state index in [0.29, 0.717) is 16.6 Å². The van der Waals surface area contributed by atoms with Crippen LogP contribution < -0.4 is 5.32 Å². The molecule has 0 radical (unpaired) electrons. The maximum atomic E-state index is 12.1. The quantitative estimate of drug-likeness (QED) is 0.891. The molecule has 0 aliphatic carbocycles. The van der Waals surface area contributed by atoms with Crippen molar-refractivity contribution in [2.24, 2.45) is 0 Å². The minimum Gasteiger partial charge on any atom is -0.477 e. The number of amides is 1. The molecule has 1 amide bonds. The van der Waals surface area contributed by atoms with Gasteiger partial charge in [0, 0.05) is 6.92 Å². The molecule has 0 spiro atoms. The lowest BCUT2D eigenvalue weighted by Crippen LogP contribution is -2.41. The lowest BCUT2D eigenvalue weighted by atomic mass is 10.0. The summed E-state index contributed by atoms with van der Waals surface area (Å²) in [6, 6.07) is 2.87. The van der Waals surface area contributed by atoms with Crippen LogP contribution in [0.4, 0.5) is 0 Å². The van der Waals surface area contributed by atoms with Crippen LogP contribution in [0.3, 0.4) is 0 Å². The normalized spacial score (nSPS) is 11.3. The molecule has 20 heavy (non-hydrogen) atoms. The van der Waals surface area contributed by atoms with Crippen LogP contribution in [0.1, 0.15) is 44.9 Å². The second-order valence-corrected chi connectivity index (χ2v) is 5.77. The highest BCUT2D eigenvalue weighted by Gasteiger charge is 2.29. The van der Waals surface area contributed by atoms with Crippen LogP contribution in [-0.2, 0) is 5.54 Å². The van der Waals surface area contributed by atoms with Crippen LogP contribution in [0.15, 0.2) is 16.7 Å². The van der Waals surface area contributed by atoms with Crippen LogP contribution in [0, 0.1) is 6.92 Å². The number of rotatable bonds is 4. The summed E-state index contributed by atoms with van der Waals surface area (Å²) in [6.45, 7) is 5.13. The minimum absolute atomic E-state index is 0.114. The monoisotopic (exact) mass is 295 g/mol. The number of hydrogen-bond donors (Lipinski definition) is 2. The second-order valence-electron chi connectivity index (χ2n) is 4.69. The molecule has 0 saturated heterocycles. The van der Waals surface area contributed by atoms with Gasteiger partial charge in [-0.2, -0.15) is 4.98 Å². The third kappa shape index (κ3) is 2.85. The Morgan fingerprint density at radius 3 is 2.50 bits per heavy atom. The first-order valence-corrected chi connectivity index (χ1v) is 6.57. The Morgan fingerprint density at radius 2 is 2.00 bits per heavy atom. The Bertz CT molecular complexity index is 659. The van der Waals surface area contributed by atoms with E-state index in [0.717, 1.165) is 11.3 Å². The third-order valence-electron chi connectivity index (χ3n) is 2.55. The Kier molecular flexibility index (Phi) is 3.58. The molecule has 8 heteroatoms. The largest absolute Gasteiger partial charge is 0.477 e. The Morgan fingerprint density at radius 1 is 1.35 bits per heavy atom. The van der Waals surface area contributed by atoms with Crippen LogP contribution in [-0.4, -0.2) is 27.1 Å². The third-order valence-corrected chi connectivity index (χ3v) is 3.63. The molecule has 7 nitrogen and oxygen atoms in total. The van der Waals surface area contributed by atoms with Crippen molar-refractivity contribution in [2.75, 3.05) is 0 Å². The second kappa shape index (κ2) is 5.04. The van der Waals surface area contributed by atoms with Gasteiger partial charge in [-0.05, 0) is 26.0 Å². The van der Waals surface area contributed by atoms with Gasteiger partial charge in [-0.3, -0.25) is 4.79 Å². The fraction of sp³-hybridized carbons (Fsp3) is 0.333. The van der Waals surface area contributed by atoms with Gasteiger partial charge in [0.15, 0.2) is 5.82 Å². The van der Waals surface area contributed by atoms with E-state index in [9.17, 15) is 9.59 Å². The van der Waals surface area contributed by atoms with Crippen molar-refractivity contribution >= 4 is 23.2 Å². The smallest absolute Gasteiger partial charge is 0.345 e. The fourth-order valence-electron chi connectivity index (χ4n) is 1.53. The number of carbonyl (C=O) groups excluding carboxylic acids is 1. The number of aryl methyl sites for hydroxylation is 1. The van der Waals surface area contributed by atoms with Gasteiger partial charge < -0.3 is 14.9 Å². The SMILES string of the molecule is Cc1nc(C(C)(C)NC(=O)c2ccc(C(=O)O)s2)no1. The number of carboxylic acid groups (broad SMARTS) is 1. The first-order chi connectivity index (χ1) is 9.29. The van der Waals surface area contributed by atoms with E-state index in [2.05, 4.69) is 15.5 Å². The average molecular weight is 295 g/mol. The fourth-order valence-corrected chi connectivity index (χ4v) is 2.27. The van der Waals surface area contributed by atoms with Gasteiger partial charge in [0.2, 0.25) is 5.89 Å². The van der Waals surface area contributed by atoms with E-state index in [1.165, 1.54) is 12.1 Å². The number of aromatic carboxylic acids is 1. The molecule has 0 saturated carbocycles. The highest BCUT2D eigenvalue weighted by Crippen LogP contribution is 2.20. The lowest BCUT2D eigenvalue weighted by molar-refractivity contribution is 0.0702. The van der Waals surface area contributed by atoms with E-state index in [-0.39, 0.29) is 10.8 Å². The first-order valence-electron chi connectivity index (χ1n) is 5.76. The van der Waals surface area contributed by atoms with Crippen molar-refractivity contribution in [2.45, 2.75) is 26.3 Å². The summed E-state index contributed by atoms with van der Waals surface area (Å²) in [7, 11) is 0. The summed E-state index contributed by atoms with van der Waals surface area (Å²) >= 11 is 0.914. The van der Waals surface area contributed by atoms with Crippen molar-refractivity contribution in [3.63, 3.8) is 0 Å². The highest BCUT2D eigenvalue weighted by molar-refractivity contribution is 7.15. The van der Waals surface area contributed by atoms with Gasteiger partial charge in [0.25, 0.3) is 5.91 Å². The molecular formula is C12H13N3O4S. The van der Waals surface area contributed by atoms with Gasteiger partial charge in [-0.15, -0.1) is 11.3 Å². The van der Waals surface area contributed by atoms with E-state index < -0.39 is 11.5 Å². The van der Waals surface area contributed by atoms with E-state index in [1.807, 2.05) is 0 Å². The molecule has 106 valence electrons. The Labute approximate surface area is 118 Å². The minimum atomic E-state index is -1.05. The summed E-state index contributed by atoms with van der Waals surface area (Å²) in [5.41, 5.74) is -0.817. The number of aromatic nitrogens is 2.